The van der Waals surface area contributed by atoms with Gasteiger partial charge in [-0.25, -0.2) is 8.78 Å². The van der Waals surface area contributed by atoms with Crippen LogP contribution in [0.3, 0.4) is 0 Å². The van der Waals surface area contributed by atoms with Gasteiger partial charge in [-0.2, -0.15) is 0 Å². The van der Waals surface area contributed by atoms with Crippen LogP contribution in [0.25, 0.3) is 0 Å². The lowest BCUT2D eigenvalue weighted by Gasteiger charge is -2.21. The molecule has 1 aliphatic rings. The molecule has 0 spiro atoms. The summed E-state index contributed by atoms with van der Waals surface area (Å²) < 4.78 is 27.0. The van der Waals surface area contributed by atoms with Crippen molar-refractivity contribution in [2.75, 3.05) is 32.4 Å². The normalized spacial score (nSPS) is 14.3. The molecule has 2 N–H and O–H groups in total. The standard InChI is InChI=1S/C14H17F2N3O2/c1-18(8-12(20)19-4-2-3-5-19)14(21)10-6-9(15)7-11(17)13(10)16/h6-7H,2-5,8,17H2,1H3. The van der Waals surface area contributed by atoms with Crippen molar-refractivity contribution in [3.63, 3.8) is 0 Å². The third kappa shape index (κ3) is 3.29. The molecule has 0 aliphatic carbocycles. The molecule has 1 heterocycles. The summed E-state index contributed by atoms with van der Waals surface area (Å²) in [7, 11) is 1.37. The molecule has 5 nitrogen and oxygen atoms in total. The first kappa shape index (κ1) is 15.2. The maximum Gasteiger partial charge on any atom is 0.257 e. The summed E-state index contributed by atoms with van der Waals surface area (Å²) >= 11 is 0. The number of carbonyl (C=O) groups is 2. The topological polar surface area (TPSA) is 66.6 Å². The molecule has 1 aromatic rings. The van der Waals surface area contributed by atoms with Gasteiger partial charge in [-0.05, 0) is 25.0 Å². The second kappa shape index (κ2) is 6.07. The molecule has 1 aliphatic heterocycles. The van der Waals surface area contributed by atoms with Crippen LogP contribution in [0.2, 0.25) is 0 Å². The van der Waals surface area contributed by atoms with E-state index in [0.717, 1.165) is 29.9 Å². The maximum atomic E-state index is 13.8. The van der Waals surface area contributed by atoms with E-state index >= 15 is 0 Å². The van der Waals surface area contributed by atoms with Crippen LogP contribution in [0.5, 0.6) is 0 Å². The first-order chi connectivity index (χ1) is 9.90. The van der Waals surface area contributed by atoms with Crippen molar-refractivity contribution in [1.29, 1.82) is 0 Å². The molecule has 1 fully saturated rings. The van der Waals surface area contributed by atoms with E-state index in [1.807, 2.05) is 0 Å². The summed E-state index contributed by atoms with van der Waals surface area (Å²) in [5, 5.41) is 0. The molecular weight excluding hydrogens is 280 g/mol. The van der Waals surface area contributed by atoms with Gasteiger partial charge in [-0.15, -0.1) is 0 Å². The molecule has 0 aromatic heterocycles. The van der Waals surface area contributed by atoms with Crippen LogP contribution in [0.1, 0.15) is 23.2 Å². The molecule has 2 rings (SSSR count). The Morgan fingerprint density at radius 2 is 1.90 bits per heavy atom. The van der Waals surface area contributed by atoms with Crippen molar-refractivity contribution in [2.24, 2.45) is 0 Å². The molecule has 114 valence electrons. The molecule has 0 saturated carbocycles. The van der Waals surface area contributed by atoms with Crippen LogP contribution in [0, 0.1) is 11.6 Å². The number of halogens is 2. The largest absolute Gasteiger partial charge is 0.396 e. The van der Waals surface area contributed by atoms with Gasteiger partial charge in [-0.1, -0.05) is 0 Å². The van der Waals surface area contributed by atoms with Gasteiger partial charge in [0.2, 0.25) is 5.91 Å². The number of rotatable bonds is 3. The number of benzene rings is 1. The number of carbonyl (C=O) groups excluding carboxylic acids is 2. The van der Waals surface area contributed by atoms with E-state index in [-0.39, 0.29) is 12.5 Å². The van der Waals surface area contributed by atoms with Crippen LogP contribution in [-0.4, -0.2) is 48.3 Å². The highest BCUT2D eigenvalue weighted by Crippen LogP contribution is 2.19. The minimum Gasteiger partial charge on any atom is -0.396 e. The van der Waals surface area contributed by atoms with E-state index in [9.17, 15) is 18.4 Å². The lowest BCUT2D eigenvalue weighted by atomic mass is 10.1. The fourth-order valence-corrected chi connectivity index (χ4v) is 2.31. The number of hydrogen-bond donors (Lipinski definition) is 1. The molecule has 21 heavy (non-hydrogen) atoms. The Balaban J connectivity index is 2.10. The van der Waals surface area contributed by atoms with Crippen molar-refractivity contribution < 1.29 is 18.4 Å². The number of likely N-dealkylation sites (N-methyl/N-ethyl adjacent to an activating group) is 1. The summed E-state index contributed by atoms with van der Waals surface area (Å²) in [5.74, 6) is -2.74. The third-order valence-electron chi connectivity index (χ3n) is 3.47. The highest BCUT2D eigenvalue weighted by Gasteiger charge is 2.24. The number of nitrogens with two attached hydrogens (primary N) is 1. The fourth-order valence-electron chi connectivity index (χ4n) is 2.31. The summed E-state index contributed by atoms with van der Waals surface area (Å²) in [6.45, 7) is 1.17. The van der Waals surface area contributed by atoms with E-state index in [0.29, 0.717) is 13.1 Å². The van der Waals surface area contributed by atoms with Crippen LogP contribution in [-0.2, 0) is 4.79 Å². The minimum atomic E-state index is -0.970. The number of hydrogen-bond acceptors (Lipinski definition) is 3. The van der Waals surface area contributed by atoms with Gasteiger partial charge in [0.05, 0.1) is 17.8 Å². The lowest BCUT2D eigenvalue weighted by molar-refractivity contribution is -0.130. The van der Waals surface area contributed by atoms with E-state index in [1.54, 1.807) is 4.90 Å². The van der Waals surface area contributed by atoms with Gasteiger partial charge >= 0.3 is 0 Å². The Labute approximate surface area is 121 Å². The van der Waals surface area contributed by atoms with Gasteiger partial charge < -0.3 is 15.5 Å². The quantitative estimate of drug-likeness (QED) is 0.854. The second-order valence-electron chi connectivity index (χ2n) is 5.11. The molecular formula is C14H17F2N3O2. The highest BCUT2D eigenvalue weighted by atomic mass is 19.1. The van der Waals surface area contributed by atoms with Crippen molar-refractivity contribution >= 4 is 17.5 Å². The number of likely N-dealkylation sites (tertiary alicyclic amines) is 1. The fraction of sp³-hybridized carbons (Fsp3) is 0.429. The Bertz CT molecular complexity index is 572. The number of nitrogen functional groups attached to an aromatic ring is 1. The predicted octanol–water partition coefficient (Wildman–Crippen LogP) is 1.24. The van der Waals surface area contributed by atoms with E-state index in [2.05, 4.69) is 0 Å². The summed E-state index contributed by atoms with van der Waals surface area (Å²) in [6, 6.07) is 1.59. The zero-order valence-corrected chi connectivity index (χ0v) is 11.7. The molecule has 1 saturated heterocycles. The molecule has 0 bridgehead atoms. The lowest BCUT2D eigenvalue weighted by Crippen LogP contribution is -2.40. The average molecular weight is 297 g/mol. The smallest absolute Gasteiger partial charge is 0.257 e. The number of anilines is 1. The molecule has 0 atom stereocenters. The molecule has 2 amide bonds. The Morgan fingerprint density at radius 1 is 1.29 bits per heavy atom. The zero-order chi connectivity index (χ0) is 15.6. The van der Waals surface area contributed by atoms with Gasteiger partial charge in [0.1, 0.15) is 5.82 Å². The van der Waals surface area contributed by atoms with Gasteiger partial charge in [-0.3, -0.25) is 9.59 Å². The van der Waals surface area contributed by atoms with Gasteiger partial charge in [0.15, 0.2) is 5.82 Å². The number of amides is 2. The first-order valence-electron chi connectivity index (χ1n) is 6.68. The minimum absolute atomic E-state index is 0.172. The van der Waals surface area contributed by atoms with Crippen molar-refractivity contribution in [2.45, 2.75) is 12.8 Å². The van der Waals surface area contributed by atoms with E-state index in [4.69, 9.17) is 5.73 Å². The third-order valence-corrected chi connectivity index (χ3v) is 3.47. The van der Waals surface area contributed by atoms with Gasteiger partial charge in [0.25, 0.3) is 5.91 Å². The van der Waals surface area contributed by atoms with Crippen molar-refractivity contribution in [3.05, 3.63) is 29.3 Å². The predicted molar refractivity (Wildman–Crippen MR) is 73.5 cm³/mol. The zero-order valence-electron chi connectivity index (χ0n) is 11.7. The average Bonchev–Trinajstić information content (AvgIpc) is 2.96. The Kier molecular flexibility index (Phi) is 4.40. The summed E-state index contributed by atoms with van der Waals surface area (Å²) in [6.07, 6.45) is 1.89. The molecule has 1 aromatic carbocycles. The monoisotopic (exact) mass is 297 g/mol. The highest BCUT2D eigenvalue weighted by molar-refractivity contribution is 5.97. The summed E-state index contributed by atoms with van der Waals surface area (Å²) in [5.41, 5.74) is 4.40. The first-order valence-corrected chi connectivity index (χ1v) is 6.68. The van der Waals surface area contributed by atoms with Crippen LogP contribution in [0.4, 0.5) is 14.5 Å². The SMILES string of the molecule is CN(CC(=O)N1CCCC1)C(=O)c1cc(F)cc(N)c1F. The Morgan fingerprint density at radius 3 is 2.52 bits per heavy atom. The molecule has 0 radical (unpaired) electrons. The van der Waals surface area contributed by atoms with E-state index in [1.165, 1.54) is 7.05 Å². The van der Waals surface area contributed by atoms with Gasteiger partial charge in [0, 0.05) is 20.1 Å². The van der Waals surface area contributed by atoms with Crippen LogP contribution < -0.4 is 5.73 Å². The van der Waals surface area contributed by atoms with Crippen molar-refractivity contribution in [3.8, 4) is 0 Å². The Hall–Kier alpha value is -2.18. The van der Waals surface area contributed by atoms with E-state index < -0.39 is 28.8 Å². The maximum absolute atomic E-state index is 13.8. The number of nitrogens with zero attached hydrogens (tertiary/aromatic N) is 2. The molecule has 0 unspecified atom stereocenters. The van der Waals surface area contributed by atoms with Crippen molar-refractivity contribution in [1.82, 2.24) is 9.80 Å². The van der Waals surface area contributed by atoms with Crippen LogP contribution >= 0.6 is 0 Å². The summed E-state index contributed by atoms with van der Waals surface area (Å²) in [4.78, 5) is 26.8. The second-order valence-corrected chi connectivity index (χ2v) is 5.11. The van der Waals surface area contributed by atoms with Crippen LogP contribution in [0.15, 0.2) is 12.1 Å². The molecule has 7 heteroatoms.